The molecule has 0 aliphatic rings. The Morgan fingerprint density at radius 2 is 1.78 bits per heavy atom. The van der Waals surface area contributed by atoms with Gasteiger partial charge in [0.15, 0.2) is 0 Å². The minimum Gasteiger partial charge on any atom is -0.267 e. The fraction of sp³-hybridized carbons (Fsp3) is 0.200. The van der Waals surface area contributed by atoms with E-state index in [-0.39, 0.29) is 11.3 Å². The van der Waals surface area contributed by atoms with E-state index in [4.69, 9.17) is 0 Å². The third-order valence-electron chi connectivity index (χ3n) is 3.20. The maximum Gasteiger partial charge on any atom is 0.279 e. The Morgan fingerprint density at radius 1 is 1.17 bits per heavy atom. The highest BCUT2D eigenvalue weighted by Gasteiger charge is 2.14. The monoisotopic (exact) mass is 333 g/mol. The van der Waals surface area contributed by atoms with Gasteiger partial charge in [-0.1, -0.05) is 6.92 Å². The van der Waals surface area contributed by atoms with E-state index >= 15 is 0 Å². The molecule has 0 saturated heterocycles. The summed E-state index contributed by atoms with van der Waals surface area (Å²) in [7, 11) is 0. The highest BCUT2D eigenvalue weighted by molar-refractivity contribution is 7.14. The Labute approximate surface area is 136 Å². The molecule has 7 nitrogen and oxygen atoms in total. The quantitative estimate of drug-likeness (QED) is 0.663. The third kappa shape index (κ3) is 3.92. The van der Waals surface area contributed by atoms with Crippen molar-refractivity contribution in [3.05, 3.63) is 61.3 Å². The van der Waals surface area contributed by atoms with Gasteiger partial charge < -0.3 is 0 Å². The van der Waals surface area contributed by atoms with E-state index in [1.165, 1.54) is 35.6 Å². The first-order chi connectivity index (χ1) is 10.9. The highest BCUT2D eigenvalue weighted by Crippen LogP contribution is 2.22. The Hall–Kier alpha value is -2.74. The van der Waals surface area contributed by atoms with Crippen molar-refractivity contribution in [2.24, 2.45) is 0 Å². The number of carbonyl (C=O) groups is 2. The summed E-state index contributed by atoms with van der Waals surface area (Å²) in [5, 5.41) is 10.6. The molecular weight excluding hydrogens is 318 g/mol. The van der Waals surface area contributed by atoms with Gasteiger partial charge in [-0.25, -0.2) is 0 Å². The van der Waals surface area contributed by atoms with Crippen LogP contribution < -0.4 is 10.9 Å². The first-order valence-corrected chi connectivity index (χ1v) is 7.68. The van der Waals surface area contributed by atoms with Crippen molar-refractivity contribution in [3.8, 4) is 0 Å². The normalized spacial score (nSPS) is 10.2. The lowest BCUT2D eigenvalue weighted by atomic mass is 10.2. The largest absolute Gasteiger partial charge is 0.279 e. The van der Waals surface area contributed by atoms with Gasteiger partial charge in [0.2, 0.25) is 0 Å². The summed E-state index contributed by atoms with van der Waals surface area (Å²) in [4.78, 5) is 35.5. The van der Waals surface area contributed by atoms with Gasteiger partial charge in [-0.15, -0.1) is 11.3 Å². The fourth-order valence-electron chi connectivity index (χ4n) is 1.96. The van der Waals surface area contributed by atoms with Crippen LogP contribution >= 0.6 is 11.3 Å². The summed E-state index contributed by atoms with van der Waals surface area (Å²) in [6.45, 7) is 3.94. The average molecular weight is 333 g/mol. The van der Waals surface area contributed by atoms with Crippen LogP contribution in [0, 0.1) is 17.0 Å². The lowest BCUT2D eigenvalue weighted by molar-refractivity contribution is -0.384. The SMILES string of the molecule is CCc1sc(C(=O)NNC(=O)c2ccc([N+](=O)[O-])cc2)cc1C. The van der Waals surface area contributed by atoms with Crippen LogP contribution in [0.1, 0.15) is 37.4 Å². The number of rotatable bonds is 4. The zero-order valence-electron chi connectivity index (χ0n) is 12.6. The number of amides is 2. The molecule has 0 aliphatic heterocycles. The topological polar surface area (TPSA) is 101 Å². The Bertz CT molecular complexity index is 753. The summed E-state index contributed by atoms with van der Waals surface area (Å²) in [5.41, 5.74) is 5.78. The van der Waals surface area contributed by atoms with Crippen molar-refractivity contribution in [3.63, 3.8) is 0 Å². The number of aryl methyl sites for hydroxylation is 2. The van der Waals surface area contributed by atoms with E-state index in [1.54, 1.807) is 6.07 Å². The Balaban J connectivity index is 1.97. The second kappa shape index (κ2) is 7.01. The second-order valence-electron chi connectivity index (χ2n) is 4.78. The standard InChI is InChI=1S/C15H15N3O4S/c1-3-12-9(2)8-13(23-12)15(20)17-16-14(19)10-4-6-11(7-5-10)18(21)22/h4-8H,3H2,1-2H3,(H,16,19)(H,17,20). The van der Waals surface area contributed by atoms with Gasteiger partial charge in [-0.05, 0) is 37.1 Å². The molecule has 2 amide bonds. The van der Waals surface area contributed by atoms with E-state index < -0.39 is 16.7 Å². The molecule has 0 fully saturated rings. The third-order valence-corrected chi connectivity index (χ3v) is 4.58. The number of nitro groups is 1. The van der Waals surface area contributed by atoms with Gasteiger partial charge >= 0.3 is 0 Å². The molecule has 0 bridgehead atoms. The summed E-state index contributed by atoms with van der Waals surface area (Å²) in [6.07, 6.45) is 0.846. The molecule has 1 heterocycles. The van der Waals surface area contributed by atoms with Crippen molar-refractivity contribution in [1.82, 2.24) is 10.9 Å². The molecule has 23 heavy (non-hydrogen) atoms. The van der Waals surface area contributed by atoms with Crippen molar-refractivity contribution in [1.29, 1.82) is 0 Å². The molecule has 2 N–H and O–H groups in total. The molecule has 0 aliphatic carbocycles. The van der Waals surface area contributed by atoms with Crippen LogP contribution in [0.25, 0.3) is 0 Å². The molecule has 0 atom stereocenters. The molecule has 1 aromatic heterocycles. The average Bonchev–Trinajstić information content (AvgIpc) is 2.93. The van der Waals surface area contributed by atoms with Crippen LogP contribution in [0.4, 0.5) is 5.69 Å². The van der Waals surface area contributed by atoms with Gasteiger partial charge in [0, 0.05) is 22.6 Å². The molecule has 0 spiro atoms. The van der Waals surface area contributed by atoms with Crippen LogP contribution in [0.3, 0.4) is 0 Å². The van der Waals surface area contributed by atoms with Crippen LogP contribution in [0.15, 0.2) is 30.3 Å². The van der Waals surface area contributed by atoms with E-state index in [0.717, 1.165) is 16.9 Å². The summed E-state index contributed by atoms with van der Waals surface area (Å²) in [5.74, 6) is -0.940. The van der Waals surface area contributed by atoms with Gasteiger partial charge in [0.25, 0.3) is 17.5 Å². The number of nitro benzene ring substituents is 1. The Kier molecular flexibility index (Phi) is 5.07. The number of hydrazine groups is 1. The van der Waals surface area contributed by atoms with Crippen LogP contribution in [-0.2, 0) is 6.42 Å². The highest BCUT2D eigenvalue weighted by atomic mass is 32.1. The summed E-state index contributed by atoms with van der Waals surface area (Å²) in [6, 6.07) is 6.88. The van der Waals surface area contributed by atoms with E-state index in [0.29, 0.717) is 4.88 Å². The van der Waals surface area contributed by atoms with Gasteiger partial charge in [-0.3, -0.25) is 30.6 Å². The first-order valence-electron chi connectivity index (χ1n) is 6.86. The maximum absolute atomic E-state index is 12.0. The second-order valence-corrected chi connectivity index (χ2v) is 5.92. The van der Waals surface area contributed by atoms with E-state index in [1.807, 2.05) is 13.8 Å². The number of hydrogen-bond donors (Lipinski definition) is 2. The zero-order valence-corrected chi connectivity index (χ0v) is 13.4. The molecule has 0 unspecified atom stereocenters. The molecule has 0 radical (unpaired) electrons. The van der Waals surface area contributed by atoms with Crippen LogP contribution in [0.5, 0.6) is 0 Å². The fourth-order valence-corrected chi connectivity index (χ4v) is 2.97. The number of hydrogen-bond acceptors (Lipinski definition) is 5. The number of non-ortho nitro benzene ring substituents is 1. The summed E-state index contributed by atoms with van der Waals surface area (Å²) < 4.78 is 0. The van der Waals surface area contributed by atoms with Gasteiger partial charge in [0.1, 0.15) is 0 Å². The molecule has 2 aromatic rings. The number of thiophene rings is 1. The number of benzene rings is 1. The predicted molar refractivity (Wildman–Crippen MR) is 86.5 cm³/mol. The molecule has 120 valence electrons. The van der Waals surface area contributed by atoms with Crippen molar-refractivity contribution in [2.45, 2.75) is 20.3 Å². The Morgan fingerprint density at radius 3 is 2.30 bits per heavy atom. The number of nitrogens with zero attached hydrogens (tertiary/aromatic N) is 1. The van der Waals surface area contributed by atoms with Gasteiger partial charge in [0.05, 0.1) is 9.80 Å². The predicted octanol–water partition coefficient (Wildman–Crippen LogP) is 2.60. The molecular formula is C15H15N3O4S. The van der Waals surface area contributed by atoms with Crippen molar-refractivity contribution in [2.75, 3.05) is 0 Å². The van der Waals surface area contributed by atoms with Crippen molar-refractivity contribution >= 4 is 28.8 Å². The molecule has 8 heteroatoms. The number of carbonyl (C=O) groups excluding carboxylic acids is 2. The minimum atomic E-state index is -0.548. The number of nitrogens with one attached hydrogen (secondary N) is 2. The molecule has 1 aromatic carbocycles. The van der Waals surface area contributed by atoms with Gasteiger partial charge in [-0.2, -0.15) is 0 Å². The lowest BCUT2D eigenvalue weighted by Gasteiger charge is -2.06. The van der Waals surface area contributed by atoms with E-state index in [9.17, 15) is 19.7 Å². The first kappa shape index (κ1) is 16.6. The maximum atomic E-state index is 12.0. The lowest BCUT2D eigenvalue weighted by Crippen LogP contribution is -2.41. The smallest absolute Gasteiger partial charge is 0.267 e. The zero-order chi connectivity index (χ0) is 17.0. The van der Waals surface area contributed by atoms with E-state index in [2.05, 4.69) is 10.9 Å². The summed E-state index contributed by atoms with van der Waals surface area (Å²) >= 11 is 1.38. The van der Waals surface area contributed by atoms with Crippen LogP contribution in [0.2, 0.25) is 0 Å². The molecule has 2 rings (SSSR count). The van der Waals surface area contributed by atoms with Crippen LogP contribution in [-0.4, -0.2) is 16.7 Å². The minimum absolute atomic E-state index is 0.105. The molecule has 0 saturated carbocycles. The van der Waals surface area contributed by atoms with Crippen molar-refractivity contribution < 1.29 is 14.5 Å².